The van der Waals surface area contributed by atoms with Crippen molar-refractivity contribution in [3.05, 3.63) is 65.8 Å². The predicted molar refractivity (Wildman–Crippen MR) is 129 cm³/mol. The maximum atomic E-state index is 4.69. The topological polar surface area (TPSA) is 49.2 Å². The number of aromatic nitrogens is 4. The maximum Gasteiger partial charge on any atom is 0.156 e. The summed E-state index contributed by atoms with van der Waals surface area (Å²) in [6, 6.07) is 2.67. The summed E-state index contributed by atoms with van der Waals surface area (Å²) in [6.45, 7) is 13.1. The third-order valence-electron chi connectivity index (χ3n) is 6.91. The summed E-state index contributed by atoms with van der Waals surface area (Å²) in [5, 5.41) is 0. The number of imidazole rings is 1. The van der Waals surface area contributed by atoms with Gasteiger partial charge in [0.1, 0.15) is 0 Å². The summed E-state index contributed by atoms with van der Waals surface area (Å²) in [5.74, 6) is 1.10. The van der Waals surface area contributed by atoms with E-state index in [1.165, 1.54) is 23.3 Å². The summed E-state index contributed by atoms with van der Waals surface area (Å²) >= 11 is 0. The smallest absolute Gasteiger partial charge is 0.156 e. The molecule has 3 heterocycles. The van der Waals surface area contributed by atoms with Crippen LogP contribution in [0, 0.1) is 5.92 Å². The second kappa shape index (κ2) is 9.23. The van der Waals surface area contributed by atoms with Crippen molar-refractivity contribution in [3.63, 3.8) is 0 Å². The highest BCUT2D eigenvalue weighted by molar-refractivity contribution is 5.74. The summed E-state index contributed by atoms with van der Waals surface area (Å²) < 4.78 is 2.31. The first-order chi connectivity index (χ1) is 15.0. The quantitative estimate of drug-likeness (QED) is 0.385. The first-order valence-electron chi connectivity index (χ1n) is 11.5. The molecule has 0 amide bonds. The van der Waals surface area contributed by atoms with Crippen molar-refractivity contribution < 1.29 is 0 Å². The molecule has 5 heteroatoms. The normalized spacial score (nSPS) is 23.2. The largest absolute Gasteiger partial charge is 0.345 e. The molecule has 3 aromatic heterocycles. The van der Waals surface area contributed by atoms with E-state index in [2.05, 4.69) is 90.5 Å². The van der Waals surface area contributed by atoms with Gasteiger partial charge in [-0.25, -0.2) is 9.97 Å². The van der Waals surface area contributed by atoms with Gasteiger partial charge in [0.2, 0.25) is 0 Å². The third-order valence-corrected chi connectivity index (χ3v) is 6.91. The maximum absolute atomic E-state index is 4.69. The van der Waals surface area contributed by atoms with Crippen molar-refractivity contribution in [1.29, 1.82) is 0 Å². The van der Waals surface area contributed by atoms with E-state index in [9.17, 15) is 0 Å². The Bertz CT molecular complexity index is 1130. The average Bonchev–Trinajstić information content (AvgIpc) is 3.49. The Morgan fingerprint density at radius 2 is 2.00 bits per heavy atom. The number of aromatic amines is 1. The molecule has 0 spiro atoms. The van der Waals surface area contributed by atoms with Gasteiger partial charge in [-0.2, -0.15) is 0 Å². The average molecular weight is 418 g/mol. The van der Waals surface area contributed by atoms with E-state index in [4.69, 9.17) is 4.98 Å². The number of allylic oxidation sites excluding steroid dienone is 3. The monoisotopic (exact) mass is 417 g/mol. The Morgan fingerprint density at radius 1 is 1.16 bits per heavy atom. The van der Waals surface area contributed by atoms with E-state index in [0.717, 1.165) is 36.3 Å². The Labute approximate surface area is 185 Å². The van der Waals surface area contributed by atoms with E-state index in [1.807, 2.05) is 12.4 Å². The zero-order chi connectivity index (χ0) is 22.0. The van der Waals surface area contributed by atoms with Crippen LogP contribution in [0.4, 0.5) is 0 Å². The van der Waals surface area contributed by atoms with Gasteiger partial charge in [-0.05, 0) is 58.1 Å². The van der Waals surface area contributed by atoms with Crippen LogP contribution in [0.3, 0.4) is 0 Å². The lowest BCUT2D eigenvalue weighted by Gasteiger charge is -2.30. The van der Waals surface area contributed by atoms with Gasteiger partial charge in [0.25, 0.3) is 0 Å². The fraction of sp³-hybridized carbons (Fsp3) is 0.462. The number of rotatable bonds is 7. The summed E-state index contributed by atoms with van der Waals surface area (Å²) in [5.41, 5.74) is 7.11. The molecule has 1 N–H and O–H groups in total. The fourth-order valence-corrected chi connectivity index (χ4v) is 5.09. The Balaban J connectivity index is 1.64. The van der Waals surface area contributed by atoms with Crippen LogP contribution in [0.2, 0.25) is 0 Å². The molecule has 1 aliphatic carbocycles. The van der Waals surface area contributed by atoms with Crippen LogP contribution >= 0.6 is 0 Å². The number of nitrogens with one attached hydrogen (secondary N) is 1. The molecule has 1 aliphatic rings. The van der Waals surface area contributed by atoms with Crippen LogP contribution in [-0.2, 0) is 0 Å². The van der Waals surface area contributed by atoms with E-state index in [-0.39, 0.29) is 0 Å². The molecule has 0 aromatic carbocycles. The molecule has 4 rings (SSSR count). The van der Waals surface area contributed by atoms with Gasteiger partial charge in [0, 0.05) is 43.1 Å². The number of nitrogens with zero attached hydrogens (tertiary/aromatic N) is 4. The summed E-state index contributed by atoms with van der Waals surface area (Å²) in [4.78, 5) is 15.1. The molecule has 164 valence electrons. The molecule has 0 saturated heterocycles. The highest BCUT2D eigenvalue weighted by atomic mass is 15.2. The van der Waals surface area contributed by atoms with Crippen LogP contribution < -0.4 is 0 Å². The number of hydrogen-bond acceptors (Lipinski definition) is 3. The van der Waals surface area contributed by atoms with Crippen LogP contribution in [0.15, 0.2) is 60.1 Å². The minimum absolute atomic E-state index is 0.490. The van der Waals surface area contributed by atoms with Crippen molar-refractivity contribution in [3.8, 4) is 0 Å². The lowest BCUT2D eigenvalue weighted by atomic mass is 9.95. The first kappa shape index (κ1) is 21.6. The van der Waals surface area contributed by atoms with Crippen LogP contribution in [-0.4, -0.2) is 43.4 Å². The van der Waals surface area contributed by atoms with E-state index >= 15 is 0 Å². The number of fused-ring (bicyclic) bond motifs is 3. The van der Waals surface area contributed by atoms with Gasteiger partial charge in [0.15, 0.2) is 11.3 Å². The lowest BCUT2D eigenvalue weighted by Crippen LogP contribution is -2.36. The second-order valence-corrected chi connectivity index (χ2v) is 8.96. The van der Waals surface area contributed by atoms with Gasteiger partial charge in [0.05, 0.1) is 11.7 Å². The molecular formula is C26H35N5. The zero-order valence-electron chi connectivity index (χ0n) is 19.5. The second-order valence-electron chi connectivity index (χ2n) is 8.96. The van der Waals surface area contributed by atoms with Crippen LogP contribution in [0.25, 0.3) is 16.8 Å². The van der Waals surface area contributed by atoms with Crippen molar-refractivity contribution in [2.75, 3.05) is 13.1 Å². The van der Waals surface area contributed by atoms with E-state index in [1.54, 1.807) is 0 Å². The van der Waals surface area contributed by atoms with Crippen LogP contribution in [0.1, 0.15) is 59.1 Å². The molecule has 1 saturated carbocycles. The molecule has 0 radical (unpaired) electrons. The molecule has 31 heavy (non-hydrogen) atoms. The van der Waals surface area contributed by atoms with Gasteiger partial charge in [-0.15, -0.1) is 0 Å². The highest BCUT2D eigenvalue weighted by Crippen LogP contribution is 2.42. The fourth-order valence-electron chi connectivity index (χ4n) is 5.09. The third kappa shape index (κ3) is 4.24. The van der Waals surface area contributed by atoms with E-state index < -0.39 is 0 Å². The molecule has 5 nitrogen and oxygen atoms in total. The molecule has 3 atom stereocenters. The molecule has 1 fully saturated rings. The predicted octanol–water partition coefficient (Wildman–Crippen LogP) is 5.88. The standard InChI is InChI=1S/C26H35N5/c1-6-9-20(8-3)17-30(16-18(4)7-2)21-12-19(5)22(13-21)24-14-28-25-15-29-26-23(31(24)25)10-11-27-26/h6-11,14-15,19,21-22,27H,12-13,16-17H2,1-5H3. The number of H-pyrrole nitrogens is 1. The van der Waals surface area contributed by atoms with Gasteiger partial charge in [-0.3, -0.25) is 9.30 Å². The summed E-state index contributed by atoms with van der Waals surface area (Å²) in [6.07, 6.45) is 17.2. The molecule has 3 unspecified atom stereocenters. The molecule has 0 aliphatic heterocycles. The molecule has 0 bridgehead atoms. The Kier molecular flexibility index (Phi) is 6.42. The first-order valence-corrected chi connectivity index (χ1v) is 11.5. The van der Waals surface area contributed by atoms with E-state index in [0.29, 0.717) is 17.9 Å². The summed E-state index contributed by atoms with van der Waals surface area (Å²) in [7, 11) is 0. The van der Waals surface area contributed by atoms with Crippen molar-refractivity contribution >= 4 is 16.8 Å². The SMILES string of the molecule is CC=CC(=CC)CN(CC(C)=CC)C1CC(C)C(c2cnc3cnc4[nH]ccc4n23)C1. The minimum atomic E-state index is 0.490. The van der Waals surface area contributed by atoms with Gasteiger partial charge in [-0.1, -0.05) is 36.8 Å². The van der Waals surface area contributed by atoms with Crippen molar-refractivity contribution in [2.45, 2.75) is 59.4 Å². The minimum Gasteiger partial charge on any atom is -0.345 e. The molecule has 3 aromatic rings. The highest BCUT2D eigenvalue weighted by Gasteiger charge is 2.37. The Hall–Kier alpha value is -2.66. The van der Waals surface area contributed by atoms with Crippen LogP contribution in [0.5, 0.6) is 0 Å². The molecular weight excluding hydrogens is 382 g/mol. The Morgan fingerprint density at radius 3 is 2.74 bits per heavy atom. The zero-order valence-corrected chi connectivity index (χ0v) is 19.5. The lowest BCUT2D eigenvalue weighted by molar-refractivity contribution is 0.230. The van der Waals surface area contributed by atoms with Crippen molar-refractivity contribution in [1.82, 2.24) is 24.3 Å². The van der Waals surface area contributed by atoms with Gasteiger partial charge < -0.3 is 4.98 Å². The number of hydrogen-bond donors (Lipinski definition) is 1. The van der Waals surface area contributed by atoms with Gasteiger partial charge >= 0.3 is 0 Å². The van der Waals surface area contributed by atoms with Crippen molar-refractivity contribution in [2.24, 2.45) is 5.92 Å².